The molecule has 0 bridgehead atoms. The van der Waals surface area contributed by atoms with Crippen LogP contribution in [0.5, 0.6) is 0 Å². The van der Waals surface area contributed by atoms with Gasteiger partial charge in [0.05, 0.1) is 12.1 Å². The fraction of sp³-hybridized carbons (Fsp3) is 0.750. The molecule has 2 aliphatic heterocycles. The molecule has 0 atom stereocenters. The summed E-state index contributed by atoms with van der Waals surface area (Å²) in [6.45, 7) is 9.42. The zero-order valence-corrected chi connectivity index (χ0v) is 17.4. The first kappa shape index (κ1) is 20.7. The Kier molecular flexibility index (Phi) is 5.27. The summed E-state index contributed by atoms with van der Waals surface area (Å²) < 4.78 is 27.3. The van der Waals surface area contributed by atoms with Gasteiger partial charge in [0.15, 0.2) is 0 Å². The molecule has 156 valence electrons. The molecule has 1 aromatic rings. The van der Waals surface area contributed by atoms with E-state index in [4.69, 9.17) is 0 Å². The van der Waals surface area contributed by atoms with E-state index in [0.717, 1.165) is 23.4 Å². The Labute approximate surface area is 164 Å². The van der Waals surface area contributed by atoms with E-state index in [1.54, 1.807) is 23.4 Å². The predicted octanol–water partition coefficient (Wildman–Crippen LogP) is 2.32. The lowest BCUT2D eigenvalue weighted by atomic mass is 9.78. The standard InChI is InChI=1S/C20H30F2N4O2/c1-13-15(14(2)24(5)23-13)8-17(27)26-11-20(12-26)6-7-25(10-20)18(28)19(3,4)9-16(21)22/h16H,6-12H2,1-5H3. The van der Waals surface area contributed by atoms with Gasteiger partial charge in [0.2, 0.25) is 18.2 Å². The Balaban J connectivity index is 1.56. The number of likely N-dealkylation sites (tertiary alicyclic amines) is 2. The van der Waals surface area contributed by atoms with Gasteiger partial charge < -0.3 is 9.80 Å². The lowest BCUT2D eigenvalue weighted by Crippen LogP contribution is -2.60. The van der Waals surface area contributed by atoms with Crippen molar-refractivity contribution in [3.63, 3.8) is 0 Å². The highest BCUT2D eigenvalue weighted by molar-refractivity contribution is 5.83. The lowest BCUT2D eigenvalue weighted by Gasteiger charge is -2.48. The summed E-state index contributed by atoms with van der Waals surface area (Å²) in [6.07, 6.45) is -1.76. The first-order valence-corrected chi connectivity index (χ1v) is 9.78. The van der Waals surface area contributed by atoms with Gasteiger partial charge in [-0.3, -0.25) is 14.3 Å². The van der Waals surface area contributed by atoms with Gasteiger partial charge in [-0.25, -0.2) is 8.78 Å². The number of aryl methyl sites for hydroxylation is 2. The van der Waals surface area contributed by atoms with E-state index in [1.807, 2.05) is 25.8 Å². The normalized spacial score (nSPS) is 18.9. The van der Waals surface area contributed by atoms with E-state index in [1.165, 1.54) is 0 Å². The van der Waals surface area contributed by atoms with E-state index in [-0.39, 0.29) is 17.2 Å². The van der Waals surface area contributed by atoms with Crippen molar-refractivity contribution in [2.75, 3.05) is 26.2 Å². The van der Waals surface area contributed by atoms with Gasteiger partial charge in [-0.05, 0) is 20.3 Å². The molecule has 28 heavy (non-hydrogen) atoms. The maximum Gasteiger partial charge on any atom is 0.239 e. The summed E-state index contributed by atoms with van der Waals surface area (Å²) in [5, 5.41) is 4.36. The van der Waals surface area contributed by atoms with Gasteiger partial charge in [-0.2, -0.15) is 5.10 Å². The summed E-state index contributed by atoms with van der Waals surface area (Å²) in [5.74, 6) is -0.135. The number of carbonyl (C=O) groups excluding carboxylic acids is 2. The molecule has 0 N–H and O–H groups in total. The lowest BCUT2D eigenvalue weighted by molar-refractivity contribution is -0.145. The van der Waals surface area contributed by atoms with Gasteiger partial charge >= 0.3 is 0 Å². The third-order valence-electron chi connectivity index (χ3n) is 6.36. The SMILES string of the molecule is Cc1nn(C)c(C)c1CC(=O)N1CC2(CCN(C(=O)C(C)(C)CC(F)F)C2)C1. The van der Waals surface area contributed by atoms with Crippen molar-refractivity contribution in [1.82, 2.24) is 19.6 Å². The van der Waals surface area contributed by atoms with Crippen LogP contribution in [-0.2, 0) is 23.1 Å². The summed E-state index contributed by atoms with van der Waals surface area (Å²) in [6, 6.07) is 0. The predicted molar refractivity (Wildman–Crippen MR) is 101 cm³/mol. The molecule has 3 heterocycles. The molecule has 2 aliphatic rings. The van der Waals surface area contributed by atoms with E-state index in [0.29, 0.717) is 32.6 Å². The van der Waals surface area contributed by atoms with E-state index < -0.39 is 18.3 Å². The number of hydrogen-bond donors (Lipinski definition) is 0. The Hall–Kier alpha value is -1.99. The maximum absolute atomic E-state index is 12.8. The van der Waals surface area contributed by atoms with E-state index in [9.17, 15) is 18.4 Å². The quantitative estimate of drug-likeness (QED) is 0.768. The maximum atomic E-state index is 12.8. The number of rotatable bonds is 5. The van der Waals surface area contributed by atoms with Crippen LogP contribution in [0.15, 0.2) is 0 Å². The number of alkyl halides is 2. The van der Waals surface area contributed by atoms with Crippen molar-refractivity contribution in [2.24, 2.45) is 17.9 Å². The van der Waals surface area contributed by atoms with Crippen molar-refractivity contribution in [2.45, 2.75) is 53.4 Å². The van der Waals surface area contributed by atoms with Crippen LogP contribution in [0.2, 0.25) is 0 Å². The largest absolute Gasteiger partial charge is 0.342 e. The van der Waals surface area contributed by atoms with Crippen molar-refractivity contribution in [3.8, 4) is 0 Å². The van der Waals surface area contributed by atoms with Gasteiger partial charge in [0, 0.05) is 61.7 Å². The Bertz CT molecular complexity index is 781. The highest BCUT2D eigenvalue weighted by Gasteiger charge is 2.51. The minimum Gasteiger partial charge on any atom is -0.342 e. The number of aromatic nitrogens is 2. The fourth-order valence-electron chi connectivity index (χ4n) is 4.54. The number of halogens is 2. The van der Waals surface area contributed by atoms with Crippen LogP contribution >= 0.6 is 0 Å². The summed E-state index contributed by atoms with van der Waals surface area (Å²) in [5.41, 5.74) is 1.72. The van der Waals surface area contributed by atoms with Gasteiger partial charge in [0.1, 0.15) is 0 Å². The second-order valence-corrected chi connectivity index (χ2v) is 9.16. The summed E-state index contributed by atoms with van der Waals surface area (Å²) in [4.78, 5) is 28.9. The van der Waals surface area contributed by atoms with E-state index in [2.05, 4.69) is 5.10 Å². The van der Waals surface area contributed by atoms with Crippen LogP contribution in [-0.4, -0.2) is 64.0 Å². The molecule has 1 spiro atoms. The zero-order chi connectivity index (χ0) is 20.9. The number of carbonyl (C=O) groups is 2. The topological polar surface area (TPSA) is 58.4 Å². The molecule has 0 saturated carbocycles. The summed E-state index contributed by atoms with van der Waals surface area (Å²) >= 11 is 0. The minimum atomic E-state index is -2.49. The molecule has 2 amide bonds. The number of hydrogen-bond acceptors (Lipinski definition) is 3. The van der Waals surface area contributed by atoms with Crippen LogP contribution in [0.25, 0.3) is 0 Å². The van der Waals surface area contributed by atoms with Crippen molar-refractivity contribution >= 4 is 11.8 Å². The smallest absolute Gasteiger partial charge is 0.239 e. The Morgan fingerprint density at radius 3 is 2.32 bits per heavy atom. The van der Waals surface area contributed by atoms with Gasteiger partial charge in [-0.1, -0.05) is 13.8 Å². The van der Waals surface area contributed by atoms with Crippen LogP contribution < -0.4 is 0 Å². The molecule has 6 nitrogen and oxygen atoms in total. The van der Waals surface area contributed by atoms with Crippen molar-refractivity contribution in [3.05, 3.63) is 17.0 Å². The third kappa shape index (κ3) is 3.78. The molecule has 1 aromatic heterocycles. The van der Waals surface area contributed by atoms with Crippen molar-refractivity contribution in [1.29, 1.82) is 0 Å². The van der Waals surface area contributed by atoms with Crippen LogP contribution in [0.3, 0.4) is 0 Å². The molecule has 0 radical (unpaired) electrons. The molecular weight excluding hydrogens is 366 g/mol. The van der Waals surface area contributed by atoms with E-state index >= 15 is 0 Å². The van der Waals surface area contributed by atoms with Gasteiger partial charge in [-0.15, -0.1) is 0 Å². The third-order valence-corrected chi connectivity index (χ3v) is 6.36. The second-order valence-electron chi connectivity index (χ2n) is 9.16. The number of nitrogens with zero attached hydrogens (tertiary/aromatic N) is 4. The number of amides is 2. The molecule has 0 aromatic carbocycles. The highest BCUT2D eigenvalue weighted by Crippen LogP contribution is 2.41. The monoisotopic (exact) mass is 396 g/mol. The van der Waals surface area contributed by atoms with Crippen LogP contribution in [0.1, 0.15) is 43.6 Å². The first-order chi connectivity index (χ1) is 12.9. The average molecular weight is 396 g/mol. The second kappa shape index (κ2) is 7.12. The van der Waals surface area contributed by atoms with Crippen molar-refractivity contribution < 1.29 is 18.4 Å². The first-order valence-electron chi connectivity index (χ1n) is 9.78. The average Bonchev–Trinajstić information content (AvgIpc) is 3.09. The Morgan fingerprint density at radius 1 is 1.18 bits per heavy atom. The molecule has 2 saturated heterocycles. The van der Waals surface area contributed by atoms with Crippen LogP contribution in [0.4, 0.5) is 8.78 Å². The summed E-state index contributed by atoms with van der Waals surface area (Å²) in [7, 11) is 1.87. The molecule has 0 aliphatic carbocycles. The molecular formula is C20H30F2N4O2. The fourth-order valence-corrected chi connectivity index (χ4v) is 4.54. The molecule has 2 fully saturated rings. The Morgan fingerprint density at radius 2 is 1.79 bits per heavy atom. The zero-order valence-electron chi connectivity index (χ0n) is 17.4. The van der Waals surface area contributed by atoms with Gasteiger partial charge in [0.25, 0.3) is 0 Å². The van der Waals surface area contributed by atoms with Crippen LogP contribution in [0, 0.1) is 24.7 Å². The molecule has 3 rings (SSSR count). The molecule has 8 heteroatoms. The molecule has 0 unspecified atom stereocenters. The minimum absolute atomic E-state index is 0.0765. The highest BCUT2D eigenvalue weighted by atomic mass is 19.3.